The Bertz CT molecular complexity index is 1100. The summed E-state index contributed by atoms with van der Waals surface area (Å²) in [6.45, 7) is 4.39. The van der Waals surface area contributed by atoms with Gasteiger partial charge in [0, 0.05) is 5.41 Å². The third kappa shape index (κ3) is 3.16. The van der Waals surface area contributed by atoms with E-state index >= 15 is 0 Å². The zero-order valence-electron chi connectivity index (χ0n) is 19.7. The van der Waals surface area contributed by atoms with Gasteiger partial charge in [-0.25, -0.2) is 4.79 Å². The van der Waals surface area contributed by atoms with Crippen LogP contribution in [0.4, 0.5) is 0 Å². The van der Waals surface area contributed by atoms with Crippen LogP contribution in [0.2, 0.25) is 0 Å². The van der Waals surface area contributed by atoms with Crippen molar-refractivity contribution in [3.05, 3.63) is 108 Å². The first-order chi connectivity index (χ1) is 16.3. The maximum absolute atomic E-state index is 13.2. The highest BCUT2D eigenvalue weighted by molar-refractivity contribution is 5.76. The van der Waals surface area contributed by atoms with Crippen LogP contribution >= 0.6 is 0 Å². The van der Waals surface area contributed by atoms with Gasteiger partial charge < -0.3 is 14.9 Å². The van der Waals surface area contributed by atoms with Gasteiger partial charge in [0.1, 0.15) is 11.7 Å². The lowest BCUT2D eigenvalue weighted by Gasteiger charge is -2.53. The molecule has 2 N–H and O–H groups in total. The SMILES string of the molecule is CC1(C)[C@H]2CC[C@]1(C(O)(c1ccccc1)c1ccccc1)[C@@H](OC(=O)[C@H](O)c1ccccc1)C2. The van der Waals surface area contributed by atoms with Crippen molar-refractivity contribution in [1.29, 1.82) is 0 Å². The van der Waals surface area contributed by atoms with Gasteiger partial charge in [0.2, 0.25) is 0 Å². The van der Waals surface area contributed by atoms with E-state index in [2.05, 4.69) is 13.8 Å². The molecule has 0 heterocycles. The number of hydrogen-bond acceptors (Lipinski definition) is 4. The number of benzene rings is 3. The number of fused-ring (bicyclic) bond motifs is 2. The van der Waals surface area contributed by atoms with Crippen LogP contribution in [0.3, 0.4) is 0 Å². The van der Waals surface area contributed by atoms with Gasteiger partial charge in [-0.15, -0.1) is 0 Å². The van der Waals surface area contributed by atoms with E-state index in [1.54, 1.807) is 24.3 Å². The van der Waals surface area contributed by atoms with E-state index in [-0.39, 0.29) is 5.41 Å². The second-order valence-electron chi connectivity index (χ2n) is 10.3. The van der Waals surface area contributed by atoms with Crippen LogP contribution in [0.5, 0.6) is 0 Å². The molecule has 0 amide bonds. The van der Waals surface area contributed by atoms with Crippen molar-refractivity contribution >= 4 is 5.97 Å². The monoisotopic (exact) mass is 456 g/mol. The van der Waals surface area contributed by atoms with Gasteiger partial charge in [-0.2, -0.15) is 0 Å². The summed E-state index contributed by atoms with van der Waals surface area (Å²) in [4.78, 5) is 13.2. The first-order valence-corrected chi connectivity index (χ1v) is 12.1. The molecule has 4 atom stereocenters. The largest absolute Gasteiger partial charge is 0.459 e. The lowest BCUT2D eigenvalue weighted by Crippen LogP contribution is -2.57. The average molecular weight is 457 g/mol. The molecule has 5 rings (SSSR count). The van der Waals surface area contributed by atoms with Crippen molar-refractivity contribution in [2.45, 2.75) is 50.9 Å². The summed E-state index contributed by atoms with van der Waals surface area (Å²) in [7, 11) is 0. The van der Waals surface area contributed by atoms with Gasteiger partial charge in [-0.1, -0.05) is 105 Å². The number of esters is 1. The highest BCUT2D eigenvalue weighted by Gasteiger charge is 2.74. The minimum Gasteiger partial charge on any atom is -0.459 e. The van der Waals surface area contributed by atoms with E-state index in [0.717, 1.165) is 24.0 Å². The van der Waals surface area contributed by atoms with Gasteiger partial charge in [0.15, 0.2) is 6.10 Å². The third-order valence-electron chi connectivity index (χ3n) is 8.73. The maximum Gasteiger partial charge on any atom is 0.339 e. The molecule has 176 valence electrons. The van der Waals surface area contributed by atoms with Gasteiger partial charge >= 0.3 is 5.97 Å². The Morgan fingerprint density at radius 2 is 1.41 bits per heavy atom. The second-order valence-corrected chi connectivity index (χ2v) is 10.3. The molecule has 0 saturated heterocycles. The molecule has 4 nitrogen and oxygen atoms in total. The predicted molar refractivity (Wildman–Crippen MR) is 131 cm³/mol. The Kier molecular flexibility index (Phi) is 5.62. The molecular weight excluding hydrogens is 424 g/mol. The summed E-state index contributed by atoms with van der Waals surface area (Å²) in [6, 6.07) is 28.3. The van der Waals surface area contributed by atoms with Crippen molar-refractivity contribution in [2.24, 2.45) is 16.7 Å². The number of rotatable bonds is 6. The molecule has 0 aliphatic heterocycles. The lowest BCUT2D eigenvalue weighted by atomic mass is 9.54. The fourth-order valence-corrected chi connectivity index (χ4v) is 6.94. The van der Waals surface area contributed by atoms with Crippen LogP contribution in [0.25, 0.3) is 0 Å². The summed E-state index contributed by atoms with van der Waals surface area (Å²) < 4.78 is 6.14. The number of carbonyl (C=O) groups is 1. The Morgan fingerprint density at radius 3 is 1.91 bits per heavy atom. The zero-order valence-corrected chi connectivity index (χ0v) is 19.7. The minimum absolute atomic E-state index is 0.296. The molecule has 0 spiro atoms. The smallest absolute Gasteiger partial charge is 0.339 e. The van der Waals surface area contributed by atoms with E-state index in [1.807, 2.05) is 66.7 Å². The van der Waals surface area contributed by atoms with Crippen molar-refractivity contribution in [3.63, 3.8) is 0 Å². The summed E-state index contributed by atoms with van der Waals surface area (Å²) in [6.07, 6.45) is 0.469. The number of ether oxygens (including phenoxy) is 1. The Morgan fingerprint density at radius 1 is 0.912 bits per heavy atom. The van der Waals surface area contributed by atoms with Crippen LogP contribution in [0.15, 0.2) is 91.0 Å². The van der Waals surface area contributed by atoms with E-state index in [9.17, 15) is 15.0 Å². The summed E-state index contributed by atoms with van der Waals surface area (Å²) in [5.41, 5.74) is -0.323. The van der Waals surface area contributed by atoms with Crippen LogP contribution in [-0.4, -0.2) is 22.3 Å². The van der Waals surface area contributed by atoms with Crippen molar-refractivity contribution in [3.8, 4) is 0 Å². The van der Waals surface area contributed by atoms with Crippen molar-refractivity contribution in [2.75, 3.05) is 0 Å². The molecule has 3 aromatic carbocycles. The van der Waals surface area contributed by atoms with E-state index < -0.39 is 29.2 Å². The Labute approximate surface area is 201 Å². The van der Waals surface area contributed by atoms with Crippen LogP contribution < -0.4 is 0 Å². The molecule has 2 saturated carbocycles. The van der Waals surface area contributed by atoms with E-state index in [1.165, 1.54) is 0 Å². The first kappa shape index (κ1) is 22.8. The second kappa shape index (κ2) is 8.37. The minimum atomic E-state index is -1.37. The van der Waals surface area contributed by atoms with Crippen molar-refractivity contribution in [1.82, 2.24) is 0 Å². The molecule has 3 aromatic rings. The quantitative estimate of drug-likeness (QED) is 0.488. The normalized spacial score (nSPS) is 26.2. The lowest BCUT2D eigenvalue weighted by molar-refractivity contribution is -0.191. The Hall–Kier alpha value is -2.95. The maximum atomic E-state index is 13.2. The van der Waals surface area contributed by atoms with E-state index in [0.29, 0.717) is 17.9 Å². The van der Waals surface area contributed by atoms with Gasteiger partial charge in [0.25, 0.3) is 0 Å². The fraction of sp³-hybridized carbons (Fsp3) is 0.367. The Balaban J connectivity index is 1.62. The predicted octanol–water partition coefficient (Wildman–Crippen LogP) is 5.39. The average Bonchev–Trinajstić information content (AvgIpc) is 3.26. The van der Waals surface area contributed by atoms with Crippen LogP contribution in [0, 0.1) is 16.7 Å². The zero-order chi connectivity index (χ0) is 24.0. The summed E-state index contributed by atoms with van der Waals surface area (Å²) in [5, 5.41) is 23.6. The molecule has 4 heteroatoms. The van der Waals surface area contributed by atoms with Crippen molar-refractivity contribution < 1.29 is 19.7 Å². The molecule has 0 radical (unpaired) electrons. The van der Waals surface area contributed by atoms with Gasteiger partial charge in [-0.3, -0.25) is 0 Å². The first-order valence-electron chi connectivity index (χ1n) is 12.1. The summed E-state index contributed by atoms with van der Waals surface area (Å²) in [5.74, 6) is -0.361. The fourth-order valence-electron chi connectivity index (χ4n) is 6.94. The third-order valence-corrected chi connectivity index (χ3v) is 8.73. The molecular formula is C30H32O4. The van der Waals surface area contributed by atoms with Crippen LogP contribution in [0.1, 0.15) is 55.9 Å². The number of aliphatic hydroxyl groups excluding tert-OH is 1. The molecule has 2 aliphatic carbocycles. The molecule has 2 aliphatic rings. The number of carbonyl (C=O) groups excluding carboxylic acids is 1. The molecule has 2 bridgehead atoms. The van der Waals surface area contributed by atoms with E-state index in [4.69, 9.17) is 4.74 Å². The number of aliphatic hydroxyl groups is 2. The summed E-state index contributed by atoms with van der Waals surface area (Å²) >= 11 is 0. The highest BCUT2D eigenvalue weighted by Crippen LogP contribution is 2.73. The van der Waals surface area contributed by atoms with Gasteiger partial charge in [0.05, 0.1) is 0 Å². The molecule has 0 unspecified atom stereocenters. The standard InChI is InChI=1S/C30H32O4/c1-28(2)24-18-19-29(28,25(20-24)34-27(32)26(31)21-12-6-3-7-13-21)30(33,22-14-8-4-9-15-22)23-16-10-5-11-17-23/h3-17,24-26,31,33H,18-20H2,1-2H3/t24-,25-,26+,29-/m0/s1. The highest BCUT2D eigenvalue weighted by atomic mass is 16.6. The van der Waals surface area contributed by atoms with Crippen LogP contribution in [-0.2, 0) is 15.1 Å². The number of hydrogen-bond donors (Lipinski definition) is 2. The molecule has 2 fully saturated rings. The topological polar surface area (TPSA) is 66.8 Å². The molecule has 0 aromatic heterocycles. The van der Waals surface area contributed by atoms with Gasteiger partial charge in [-0.05, 0) is 47.3 Å². The molecule has 34 heavy (non-hydrogen) atoms.